The van der Waals surface area contributed by atoms with Crippen LogP contribution in [0.5, 0.6) is 0 Å². The van der Waals surface area contributed by atoms with Crippen LogP contribution in [0.1, 0.15) is 32.1 Å². The predicted octanol–water partition coefficient (Wildman–Crippen LogP) is -2.89. The molecule has 1 heterocycles. The van der Waals surface area contributed by atoms with E-state index in [4.69, 9.17) is 16.6 Å². The van der Waals surface area contributed by atoms with Gasteiger partial charge in [0.15, 0.2) is 0 Å². The average Bonchev–Trinajstić information content (AvgIpc) is 3.13. The van der Waals surface area contributed by atoms with Gasteiger partial charge in [0.2, 0.25) is 17.7 Å². The highest BCUT2D eigenvalue weighted by Gasteiger charge is 2.34. The molecule has 1 aliphatic rings. The fourth-order valence-electron chi connectivity index (χ4n) is 2.82. The number of likely N-dealkylation sites (tertiary alicyclic amines) is 1. The monoisotopic (exact) mass is 387 g/mol. The largest absolute Gasteiger partial charge is 0.480 e. The first-order chi connectivity index (χ1) is 12.8. The number of nitrogens with zero attached hydrogens (tertiary/aromatic N) is 1. The molecule has 0 aromatic rings. The number of carboxylic acids is 1. The van der Waals surface area contributed by atoms with E-state index in [9.17, 15) is 24.3 Å². The van der Waals surface area contributed by atoms with Crippen molar-refractivity contribution in [2.24, 2.45) is 11.5 Å². The third-order valence-electron chi connectivity index (χ3n) is 4.39. The maximum Gasteiger partial charge on any atom is 0.326 e. The van der Waals surface area contributed by atoms with Gasteiger partial charge in [-0.3, -0.25) is 14.4 Å². The van der Waals surface area contributed by atoms with Crippen LogP contribution in [-0.2, 0) is 19.2 Å². The van der Waals surface area contributed by atoms with E-state index in [1.165, 1.54) is 4.90 Å². The molecule has 1 rings (SSSR count). The molecule has 0 saturated carbocycles. The Morgan fingerprint density at radius 1 is 1.19 bits per heavy atom. The van der Waals surface area contributed by atoms with Gasteiger partial charge in [-0.25, -0.2) is 4.79 Å². The maximum absolute atomic E-state index is 12.1. The van der Waals surface area contributed by atoms with Crippen LogP contribution in [0.15, 0.2) is 0 Å². The number of hydrogen-bond acceptors (Lipinski definition) is 7. The van der Waals surface area contributed by atoms with Crippen molar-refractivity contribution in [2.45, 2.75) is 50.2 Å². The molecule has 0 aromatic heterocycles. The standard InChI is InChI=1S/C16H29N5O6/c17-6-2-1-4-10(18)14(24)20-11(9-22)15(25)19-8-13(23)21-7-3-5-12(21)16(26)27/h10-12,22H,1-9,17-18H2,(H,19,25)(H,20,24)(H,26,27). The molecule has 3 unspecified atom stereocenters. The summed E-state index contributed by atoms with van der Waals surface area (Å²) in [6.45, 7) is -0.284. The molecule has 0 aliphatic carbocycles. The van der Waals surface area contributed by atoms with Crippen molar-refractivity contribution in [2.75, 3.05) is 26.2 Å². The summed E-state index contributed by atoms with van der Waals surface area (Å²) in [5.74, 6) is -2.96. The Balaban J connectivity index is 2.47. The number of aliphatic carboxylic acids is 1. The van der Waals surface area contributed by atoms with Gasteiger partial charge in [-0.2, -0.15) is 0 Å². The first kappa shape index (κ1) is 22.8. The van der Waals surface area contributed by atoms with E-state index in [2.05, 4.69) is 10.6 Å². The molecule has 0 radical (unpaired) electrons. The Labute approximate surface area is 157 Å². The SMILES string of the molecule is NCCCCC(N)C(=O)NC(CO)C(=O)NCC(=O)N1CCCC1C(=O)O. The second kappa shape index (κ2) is 11.5. The molecule has 154 valence electrons. The van der Waals surface area contributed by atoms with Gasteiger partial charge in [-0.1, -0.05) is 6.42 Å². The fourth-order valence-corrected chi connectivity index (χ4v) is 2.82. The zero-order valence-corrected chi connectivity index (χ0v) is 15.2. The second-order valence-corrected chi connectivity index (χ2v) is 6.44. The van der Waals surface area contributed by atoms with Crippen LogP contribution in [0.4, 0.5) is 0 Å². The molecule has 0 aromatic carbocycles. The minimum absolute atomic E-state index is 0.309. The van der Waals surface area contributed by atoms with E-state index < -0.39 is 55.0 Å². The van der Waals surface area contributed by atoms with Crippen LogP contribution in [0.25, 0.3) is 0 Å². The van der Waals surface area contributed by atoms with Crippen molar-refractivity contribution in [3.63, 3.8) is 0 Å². The zero-order valence-electron chi connectivity index (χ0n) is 15.2. The van der Waals surface area contributed by atoms with Crippen LogP contribution in [0, 0.1) is 0 Å². The summed E-state index contributed by atoms with van der Waals surface area (Å²) in [5.41, 5.74) is 11.1. The number of nitrogens with two attached hydrogens (primary N) is 2. The van der Waals surface area contributed by atoms with E-state index in [0.717, 1.165) is 6.42 Å². The number of unbranched alkanes of at least 4 members (excludes halogenated alkanes) is 1. The number of amides is 3. The Morgan fingerprint density at radius 3 is 2.48 bits per heavy atom. The Bertz CT molecular complexity index is 543. The van der Waals surface area contributed by atoms with Gasteiger partial charge < -0.3 is 37.2 Å². The van der Waals surface area contributed by atoms with E-state index in [0.29, 0.717) is 38.8 Å². The van der Waals surface area contributed by atoms with E-state index in [1.807, 2.05) is 0 Å². The number of carbonyl (C=O) groups is 4. The third kappa shape index (κ3) is 7.12. The number of rotatable bonds is 11. The fraction of sp³-hybridized carbons (Fsp3) is 0.750. The highest BCUT2D eigenvalue weighted by atomic mass is 16.4. The summed E-state index contributed by atoms with van der Waals surface area (Å²) in [7, 11) is 0. The van der Waals surface area contributed by atoms with Crippen LogP contribution < -0.4 is 22.1 Å². The minimum atomic E-state index is -1.25. The lowest BCUT2D eigenvalue weighted by atomic mass is 10.1. The molecular formula is C16H29N5O6. The lowest BCUT2D eigenvalue weighted by Crippen LogP contribution is -2.54. The Kier molecular flexibility index (Phi) is 9.68. The molecule has 0 bridgehead atoms. The summed E-state index contributed by atoms with van der Waals surface area (Å²) in [6, 6.07) is -2.98. The highest BCUT2D eigenvalue weighted by Crippen LogP contribution is 2.17. The van der Waals surface area contributed by atoms with Crippen LogP contribution >= 0.6 is 0 Å². The molecule has 3 amide bonds. The van der Waals surface area contributed by atoms with Crippen LogP contribution in [0.2, 0.25) is 0 Å². The van der Waals surface area contributed by atoms with E-state index in [1.54, 1.807) is 0 Å². The van der Waals surface area contributed by atoms with Gasteiger partial charge in [0.05, 0.1) is 19.2 Å². The average molecular weight is 387 g/mol. The molecule has 11 heteroatoms. The lowest BCUT2D eigenvalue weighted by molar-refractivity contribution is -0.148. The maximum atomic E-state index is 12.1. The number of nitrogens with one attached hydrogen (secondary N) is 2. The highest BCUT2D eigenvalue weighted by molar-refractivity contribution is 5.92. The van der Waals surface area contributed by atoms with Gasteiger partial charge in [0, 0.05) is 6.54 Å². The summed E-state index contributed by atoms with van der Waals surface area (Å²) in [4.78, 5) is 48.5. The molecule has 1 aliphatic heterocycles. The van der Waals surface area contributed by atoms with Crippen molar-refractivity contribution in [1.82, 2.24) is 15.5 Å². The molecular weight excluding hydrogens is 358 g/mol. The van der Waals surface area contributed by atoms with Crippen molar-refractivity contribution in [1.29, 1.82) is 0 Å². The first-order valence-electron chi connectivity index (χ1n) is 8.98. The quantitative estimate of drug-likeness (QED) is 0.204. The summed E-state index contributed by atoms with van der Waals surface area (Å²) in [6.07, 6.45) is 2.73. The normalized spacial score (nSPS) is 18.6. The molecule has 0 spiro atoms. The van der Waals surface area contributed by atoms with E-state index >= 15 is 0 Å². The van der Waals surface area contributed by atoms with Crippen molar-refractivity contribution < 1.29 is 29.4 Å². The molecule has 11 nitrogen and oxygen atoms in total. The number of hydrogen-bond donors (Lipinski definition) is 6. The molecule has 27 heavy (non-hydrogen) atoms. The van der Waals surface area contributed by atoms with Crippen LogP contribution in [-0.4, -0.2) is 83.2 Å². The number of carbonyl (C=O) groups excluding carboxylic acids is 3. The Morgan fingerprint density at radius 2 is 1.89 bits per heavy atom. The number of aliphatic hydroxyl groups excluding tert-OH is 1. The predicted molar refractivity (Wildman–Crippen MR) is 95.3 cm³/mol. The van der Waals surface area contributed by atoms with Crippen LogP contribution in [0.3, 0.4) is 0 Å². The van der Waals surface area contributed by atoms with Gasteiger partial charge >= 0.3 is 5.97 Å². The number of carboxylic acid groups (broad SMARTS) is 1. The number of aliphatic hydroxyl groups is 1. The molecule has 1 saturated heterocycles. The first-order valence-corrected chi connectivity index (χ1v) is 8.98. The van der Waals surface area contributed by atoms with Crippen molar-refractivity contribution in [3.8, 4) is 0 Å². The molecule has 3 atom stereocenters. The molecule has 1 fully saturated rings. The summed E-state index contributed by atoms with van der Waals surface area (Å²) < 4.78 is 0. The molecule has 8 N–H and O–H groups in total. The van der Waals surface area contributed by atoms with E-state index in [-0.39, 0.29) is 0 Å². The Hall–Kier alpha value is -2.24. The smallest absolute Gasteiger partial charge is 0.326 e. The van der Waals surface area contributed by atoms with Gasteiger partial charge in [-0.05, 0) is 32.2 Å². The van der Waals surface area contributed by atoms with Gasteiger partial charge in [0.1, 0.15) is 12.1 Å². The minimum Gasteiger partial charge on any atom is -0.480 e. The van der Waals surface area contributed by atoms with Gasteiger partial charge in [0.25, 0.3) is 0 Å². The van der Waals surface area contributed by atoms with Gasteiger partial charge in [-0.15, -0.1) is 0 Å². The third-order valence-corrected chi connectivity index (χ3v) is 4.39. The zero-order chi connectivity index (χ0) is 20.4. The lowest BCUT2D eigenvalue weighted by Gasteiger charge is -2.23. The summed E-state index contributed by atoms with van der Waals surface area (Å²) in [5, 5.41) is 23.1. The second-order valence-electron chi connectivity index (χ2n) is 6.44. The summed E-state index contributed by atoms with van der Waals surface area (Å²) >= 11 is 0. The van der Waals surface area contributed by atoms with Crippen molar-refractivity contribution in [3.05, 3.63) is 0 Å². The van der Waals surface area contributed by atoms with Crippen molar-refractivity contribution >= 4 is 23.7 Å². The topological polar surface area (TPSA) is 188 Å².